The smallest absolute Gasteiger partial charge is 0.227 e. The molecule has 3 unspecified atom stereocenters. The summed E-state index contributed by atoms with van der Waals surface area (Å²) in [5.74, 6) is 0.921. The molecule has 2 aliphatic rings. The minimum Gasteiger partial charge on any atom is -0.353 e. The van der Waals surface area contributed by atoms with Crippen LogP contribution in [0.1, 0.15) is 49.1 Å². The summed E-state index contributed by atoms with van der Waals surface area (Å²) in [6, 6.07) is 8.81. The van der Waals surface area contributed by atoms with Gasteiger partial charge in [0.1, 0.15) is 0 Å². The van der Waals surface area contributed by atoms with E-state index in [0.29, 0.717) is 12.0 Å². The summed E-state index contributed by atoms with van der Waals surface area (Å²) < 4.78 is 0. The zero-order valence-electron chi connectivity index (χ0n) is 11.8. The number of carbonyl (C=O) groups is 1. The van der Waals surface area contributed by atoms with Crippen LogP contribution >= 0.6 is 15.9 Å². The topological polar surface area (TPSA) is 29.1 Å². The van der Waals surface area contributed by atoms with Crippen molar-refractivity contribution in [2.75, 3.05) is 5.33 Å². The molecule has 3 rings (SSSR count). The van der Waals surface area contributed by atoms with Gasteiger partial charge in [-0.3, -0.25) is 4.79 Å². The molecule has 20 heavy (non-hydrogen) atoms. The fraction of sp³-hybridized carbons (Fsp3) is 0.588. The van der Waals surface area contributed by atoms with E-state index >= 15 is 0 Å². The van der Waals surface area contributed by atoms with Crippen molar-refractivity contribution in [1.29, 1.82) is 0 Å². The third-order valence-corrected chi connectivity index (χ3v) is 5.70. The molecule has 1 saturated carbocycles. The van der Waals surface area contributed by atoms with Gasteiger partial charge in [-0.25, -0.2) is 0 Å². The molecule has 0 bridgehead atoms. The summed E-state index contributed by atoms with van der Waals surface area (Å²) in [7, 11) is 0. The van der Waals surface area contributed by atoms with E-state index in [2.05, 4.69) is 45.5 Å². The molecule has 0 heterocycles. The number of amides is 1. The molecule has 0 saturated heterocycles. The van der Waals surface area contributed by atoms with Crippen LogP contribution in [0.15, 0.2) is 24.3 Å². The molecular weight excluding hydrogens is 314 g/mol. The molecule has 0 spiro atoms. The summed E-state index contributed by atoms with van der Waals surface area (Å²) in [6.07, 6.45) is 6.85. The number of hydrogen-bond donors (Lipinski definition) is 1. The zero-order valence-corrected chi connectivity index (χ0v) is 13.4. The average Bonchev–Trinajstić information content (AvgIpc) is 2.93. The summed E-state index contributed by atoms with van der Waals surface area (Å²) in [5.41, 5.74) is 2.62. The average molecular weight is 336 g/mol. The van der Waals surface area contributed by atoms with Gasteiger partial charge in [0.05, 0.1) is 5.92 Å². The van der Waals surface area contributed by atoms with Gasteiger partial charge in [0.2, 0.25) is 5.91 Å². The Hall–Kier alpha value is -0.830. The molecule has 0 aromatic heterocycles. The Bertz CT molecular complexity index is 488. The van der Waals surface area contributed by atoms with Crippen LogP contribution in [0.2, 0.25) is 0 Å². The van der Waals surface area contributed by atoms with Crippen LogP contribution in [0.25, 0.3) is 0 Å². The van der Waals surface area contributed by atoms with E-state index in [1.807, 2.05) is 0 Å². The van der Waals surface area contributed by atoms with Crippen LogP contribution in [-0.2, 0) is 11.2 Å². The number of benzene rings is 1. The molecule has 3 atom stereocenters. The Labute approximate surface area is 129 Å². The highest BCUT2D eigenvalue weighted by molar-refractivity contribution is 9.09. The molecule has 1 fully saturated rings. The first-order chi connectivity index (χ1) is 9.79. The lowest BCUT2D eigenvalue weighted by Crippen LogP contribution is -2.41. The lowest BCUT2D eigenvalue weighted by atomic mass is 9.82. The fourth-order valence-electron chi connectivity index (χ4n) is 3.72. The molecule has 2 aliphatic carbocycles. The minimum atomic E-state index is 0.0662. The summed E-state index contributed by atoms with van der Waals surface area (Å²) in [6.45, 7) is 0. The molecular formula is C17H22BrNO. The van der Waals surface area contributed by atoms with Crippen molar-refractivity contribution in [2.24, 2.45) is 5.92 Å². The summed E-state index contributed by atoms with van der Waals surface area (Å²) in [4.78, 5) is 12.7. The van der Waals surface area contributed by atoms with E-state index in [0.717, 1.165) is 31.0 Å². The second-order valence-corrected chi connectivity index (χ2v) is 6.75. The Kier molecular flexibility index (Phi) is 4.45. The van der Waals surface area contributed by atoms with Gasteiger partial charge in [-0.05, 0) is 49.1 Å². The molecule has 1 aromatic rings. The van der Waals surface area contributed by atoms with Crippen LogP contribution in [0.3, 0.4) is 0 Å². The van der Waals surface area contributed by atoms with Gasteiger partial charge >= 0.3 is 0 Å². The Morgan fingerprint density at radius 3 is 2.90 bits per heavy atom. The maximum atomic E-state index is 12.7. The van der Waals surface area contributed by atoms with Crippen molar-refractivity contribution in [2.45, 2.75) is 50.5 Å². The van der Waals surface area contributed by atoms with Crippen molar-refractivity contribution in [3.63, 3.8) is 0 Å². The van der Waals surface area contributed by atoms with Crippen molar-refractivity contribution in [3.8, 4) is 0 Å². The standard InChI is InChI=1S/C17H22BrNO/c18-11-13-7-4-10-16(13)19-17(20)15-9-3-6-12-5-1-2-8-14(12)15/h1-2,5,8,13,15-16H,3-4,6-7,9-11H2,(H,19,20). The lowest BCUT2D eigenvalue weighted by Gasteiger charge is -2.27. The van der Waals surface area contributed by atoms with Gasteiger partial charge in [0.15, 0.2) is 0 Å². The number of aryl methyl sites for hydroxylation is 1. The maximum Gasteiger partial charge on any atom is 0.227 e. The number of rotatable bonds is 3. The van der Waals surface area contributed by atoms with E-state index in [-0.39, 0.29) is 11.8 Å². The number of fused-ring (bicyclic) bond motifs is 1. The van der Waals surface area contributed by atoms with Crippen molar-refractivity contribution >= 4 is 21.8 Å². The SMILES string of the molecule is O=C(NC1CCCC1CBr)C1CCCc2ccccc21. The van der Waals surface area contributed by atoms with Gasteiger partial charge in [0, 0.05) is 11.4 Å². The molecule has 1 amide bonds. The molecule has 1 aromatic carbocycles. The minimum absolute atomic E-state index is 0.0662. The van der Waals surface area contributed by atoms with Gasteiger partial charge in [-0.2, -0.15) is 0 Å². The highest BCUT2D eigenvalue weighted by atomic mass is 79.9. The maximum absolute atomic E-state index is 12.7. The van der Waals surface area contributed by atoms with Crippen LogP contribution in [0, 0.1) is 5.92 Å². The summed E-state index contributed by atoms with van der Waals surface area (Å²) in [5, 5.41) is 4.32. The zero-order chi connectivity index (χ0) is 13.9. The van der Waals surface area contributed by atoms with Crippen LogP contribution in [0.5, 0.6) is 0 Å². The van der Waals surface area contributed by atoms with E-state index in [4.69, 9.17) is 0 Å². The largest absolute Gasteiger partial charge is 0.353 e. The second-order valence-electron chi connectivity index (χ2n) is 6.10. The first-order valence-corrected chi connectivity index (χ1v) is 8.86. The van der Waals surface area contributed by atoms with E-state index < -0.39 is 0 Å². The number of hydrogen-bond acceptors (Lipinski definition) is 1. The predicted molar refractivity (Wildman–Crippen MR) is 85.2 cm³/mol. The van der Waals surface area contributed by atoms with Crippen LogP contribution in [0.4, 0.5) is 0 Å². The van der Waals surface area contributed by atoms with Crippen LogP contribution in [-0.4, -0.2) is 17.3 Å². The Balaban J connectivity index is 1.72. The Morgan fingerprint density at radius 1 is 1.20 bits per heavy atom. The number of halogens is 1. The predicted octanol–water partition coefficient (Wildman–Crippen LogP) is 3.79. The van der Waals surface area contributed by atoms with Crippen LogP contribution < -0.4 is 5.32 Å². The van der Waals surface area contributed by atoms with Gasteiger partial charge in [0.25, 0.3) is 0 Å². The molecule has 0 aliphatic heterocycles. The van der Waals surface area contributed by atoms with Gasteiger partial charge in [-0.15, -0.1) is 0 Å². The molecule has 108 valence electrons. The van der Waals surface area contributed by atoms with E-state index in [1.54, 1.807) is 0 Å². The molecule has 2 nitrogen and oxygen atoms in total. The molecule has 3 heteroatoms. The van der Waals surface area contributed by atoms with Crippen molar-refractivity contribution < 1.29 is 4.79 Å². The number of nitrogens with one attached hydrogen (secondary N) is 1. The normalized spacial score (nSPS) is 28.9. The number of alkyl halides is 1. The molecule has 1 N–H and O–H groups in total. The Morgan fingerprint density at radius 2 is 2.05 bits per heavy atom. The van der Waals surface area contributed by atoms with E-state index in [1.165, 1.54) is 24.0 Å². The second kappa shape index (κ2) is 6.30. The van der Waals surface area contributed by atoms with Gasteiger partial charge in [-0.1, -0.05) is 46.6 Å². The van der Waals surface area contributed by atoms with E-state index in [9.17, 15) is 4.79 Å². The fourth-order valence-corrected chi connectivity index (χ4v) is 4.50. The third-order valence-electron chi connectivity index (χ3n) is 4.87. The first-order valence-electron chi connectivity index (χ1n) is 7.73. The van der Waals surface area contributed by atoms with Crippen molar-refractivity contribution in [3.05, 3.63) is 35.4 Å². The monoisotopic (exact) mass is 335 g/mol. The van der Waals surface area contributed by atoms with Crippen molar-refractivity contribution in [1.82, 2.24) is 5.32 Å². The first kappa shape index (κ1) is 14.1. The highest BCUT2D eigenvalue weighted by Crippen LogP contribution is 2.33. The molecule has 0 radical (unpaired) electrons. The highest BCUT2D eigenvalue weighted by Gasteiger charge is 2.32. The third kappa shape index (κ3) is 2.78. The van der Waals surface area contributed by atoms with Gasteiger partial charge < -0.3 is 5.32 Å². The lowest BCUT2D eigenvalue weighted by molar-refractivity contribution is -0.123. The quantitative estimate of drug-likeness (QED) is 0.836. The summed E-state index contributed by atoms with van der Waals surface area (Å²) >= 11 is 3.58. The number of carbonyl (C=O) groups excluding carboxylic acids is 1.